The number of nitrogens with two attached hydrogens (primary N) is 1. The van der Waals surface area contributed by atoms with Crippen molar-refractivity contribution in [2.45, 2.75) is 41.6 Å². The van der Waals surface area contributed by atoms with Crippen LogP contribution >= 0.6 is 11.8 Å². The lowest BCUT2D eigenvalue weighted by molar-refractivity contribution is 0.749. The molecule has 0 radical (unpaired) electrons. The maximum absolute atomic E-state index is 6.20. The summed E-state index contributed by atoms with van der Waals surface area (Å²) in [5, 5.41) is 4.26. The summed E-state index contributed by atoms with van der Waals surface area (Å²) in [5.74, 6) is 0.769. The molecule has 0 atom stereocenters. The Morgan fingerprint density at radius 2 is 1.85 bits per heavy atom. The average Bonchev–Trinajstić information content (AvgIpc) is 2.97. The van der Waals surface area contributed by atoms with Crippen LogP contribution in [0.25, 0.3) is 0 Å². The van der Waals surface area contributed by atoms with Crippen molar-refractivity contribution in [3.8, 4) is 0 Å². The van der Waals surface area contributed by atoms with E-state index < -0.39 is 0 Å². The third-order valence-corrected chi connectivity index (χ3v) is 4.53. The summed E-state index contributed by atoms with van der Waals surface area (Å²) < 4.78 is 0. The molecule has 0 spiro atoms. The quantitative estimate of drug-likeness (QED) is 0.841. The summed E-state index contributed by atoms with van der Waals surface area (Å²) in [4.78, 5) is 9.71. The molecule has 20 heavy (non-hydrogen) atoms. The van der Waals surface area contributed by atoms with Crippen LogP contribution in [0.1, 0.15) is 25.7 Å². The van der Waals surface area contributed by atoms with Crippen LogP contribution in [-0.4, -0.2) is 16.0 Å². The summed E-state index contributed by atoms with van der Waals surface area (Å²) in [5.41, 5.74) is 6.85. The van der Waals surface area contributed by atoms with Crippen molar-refractivity contribution in [1.82, 2.24) is 9.97 Å². The number of benzene rings is 1. The van der Waals surface area contributed by atoms with Crippen LogP contribution in [0.2, 0.25) is 0 Å². The summed E-state index contributed by atoms with van der Waals surface area (Å²) >= 11 is 1.57. The average molecular weight is 286 g/mol. The molecule has 5 heteroatoms. The van der Waals surface area contributed by atoms with E-state index in [4.69, 9.17) is 5.73 Å². The van der Waals surface area contributed by atoms with Gasteiger partial charge in [-0.3, -0.25) is 0 Å². The van der Waals surface area contributed by atoms with Gasteiger partial charge in [-0.1, -0.05) is 42.8 Å². The van der Waals surface area contributed by atoms with Crippen molar-refractivity contribution in [1.29, 1.82) is 0 Å². The van der Waals surface area contributed by atoms with Gasteiger partial charge in [-0.05, 0) is 25.0 Å². The van der Waals surface area contributed by atoms with E-state index in [1.807, 2.05) is 18.2 Å². The SMILES string of the molecule is Nc1c(NC2CCCC2)ncnc1Sc1ccccc1. The smallest absolute Gasteiger partial charge is 0.154 e. The van der Waals surface area contributed by atoms with Crippen LogP contribution in [0.15, 0.2) is 46.6 Å². The fourth-order valence-electron chi connectivity index (χ4n) is 2.44. The Kier molecular flexibility index (Phi) is 4.06. The van der Waals surface area contributed by atoms with Gasteiger partial charge in [-0.2, -0.15) is 0 Å². The number of hydrogen-bond donors (Lipinski definition) is 2. The molecular formula is C15H18N4S. The van der Waals surface area contributed by atoms with Gasteiger partial charge in [0.25, 0.3) is 0 Å². The predicted molar refractivity (Wildman–Crippen MR) is 82.9 cm³/mol. The molecule has 1 aliphatic carbocycles. The van der Waals surface area contributed by atoms with Crippen molar-refractivity contribution in [2.75, 3.05) is 11.1 Å². The van der Waals surface area contributed by atoms with E-state index in [1.165, 1.54) is 25.7 Å². The highest BCUT2D eigenvalue weighted by Crippen LogP contribution is 2.33. The first-order valence-corrected chi connectivity index (χ1v) is 7.74. The van der Waals surface area contributed by atoms with Gasteiger partial charge in [0.2, 0.25) is 0 Å². The van der Waals surface area contributed by atoms with Crippen LogP contribution < -0.4 is 11.1 Å². The lowest BCUT2D eigenvalue weighted by atomic mass is 10.2. The van der Waals surface area contributed by atoms with Crippen molar-refractivity contribution < 1.29 is 0 Å². The van der Waals surface area contributed by atoms with E-state index in [9.17, 15) is 0 Å². The number of rotatable bonds is 4. The summed E-state index contributed by atoms with van der Waals surface area (Å²) in [6.45, 7) is 0. The van der Waals surface area contributed by atoms with Crippen molar-refractivity contribution in [2.24, 2.45) is 0 Å². The van der Waals surface area contributed by atoms with Gasteiger partial charge in [-0.15, -0.1) is 0 Å². The molecule has 104 valence electrons. The Hall–Kier alpha value is -1.75. The van der Waals surface area contributed by atoms with Crippen LogP contribution in [0.5, 0.6) is 0 Å². The topological polar surface area (TPSA) is 63.8 Å². The van der Waals surface area contributed by atoms with E-state index in [-0.39, 0.29) is 0 Å². The third-order valence-electron chi connectivity index (χ3n) is 3.50. The predicted octanol–water partition coefficient (Wildman–Crippen LogP) is 3.56. The Balaban J connectivity index is 1.78. The molecule has 1 aromatic carbocycles. The standard InChI is InChI=1S/C15H18N4S/c16-13-14(19-11-6-4-5-7-11)17-10-18-15(13)20-12-8-2-1-3-9-12/h1-3,8-11H,4-7,16H2,(H,17,18,19). The maximum atomic E-state index is 6.20. The van der Waals surface area contributed by atoms with Gasteiger partial charge in [0.15, 0.2) is 5.82 Å². The maximum Gasteiger partial charge on any atom is 0.154 e. The van der Waals surface area contributed by atoms with E-state index in [1.54, 1.807) is 18.1 Å². The molecule has 0 unspecified atom stereocenters. The second-order valence-electron chi connectivity index (χ2n) is 4.98. The molecule has 1 aliphatic rings. The molecule has 1 heterocycles. The zero-order valence-corrected chi connectivity index (χ0v) is 12.1. The zero-order chi connectivity index (χ0) is 13.8. The number of anilines is 2. The molecule has 1 saturated carbocycles. The monoisotopic (exact) mass is 286 g/mol. The highest BCUT2D eigenvalue weighted by Gasteiger charge is 2.17. The van der Waals surface area contributed by atoms with Crippen LogP contribution in [0, 0.1) is 0 Å². The molecule has 0 saturated heterocycles. The minimum Gasteiger partial charge on any atom is -0.394 e. The molecule has 0 aliphatic heterocycles. The summed E-state index contributed by atoms with van der Waals surface area (Å²) in [6, 6.07) is 10.6. The fourth-order valence-corrected chi connectivity index (χ4v) is 3.26. The van der Waals surface area contributed by atoms with Gasteiger partial charge in [0.1, 0.15) is 17.0 Å². The minimum atomic E-state index is 0.502. The number of nitrogens with zero attached hydrogens (tertiary/aromatic N) is 2. The highest BCUT2D eigenvalue weighted by atomic mass is 32.2. The molecule has 1 aromatic heterocycles. The first-order chi connectivity index (χ1) is 9.83. The van der Waals surface area contributed by atoms with E-state index in [2.05, 4.69) is 27.4 Å². The van der Waals surface area contributed by atoms with Crippen molar-refractivity contribution in [3.05, 3.63) is 36.7 Å². The Morgan fingerprint density at radius 3 is 2.60 bits per heavy atom. The van der Waals surface area contributed by atoms with Gasteiger partial charge in [0, 0.05) is 10.9 Å². The molecule has 0 bridgehead atoms. The van der Waals surface area contributed by atoms with Gasteiger partial charge < -0.3 is 11.1 Å². The Morgan fingerprint density at radius 1 is 1.10 bits per heavy atom. The minimum absolute atomic E-state index is 0.502. The Bertz CT molecular complexity index is 567. The highest BCUT2D eigenvalue weighted by molar-refractivity contribution is 7.99. The number of nitrogen functional groups attached to an aromatic ring is 1. The molecule has 0 amide bonds. The molecular weight excluding hydrogens is 268 g/mol. The molecule has 3 N–H and O–H groups in total. The number of aromatic nitrogens is 2. The van der Waals surface area contributed by atoms with Gasteiger partial charge >= 0.3 is 0 Å². The first-order valence-electron chi connectivity index (χ1n) is 6.93. The second-order valence-corrected chi connectivity index (χ2v) is 6.04. The molecule has 4 nitrogen and oxygen atoms in total. The van der Waals surface area contributed by atoms with Crippen LogP contribution in [0.4, 0.5) is 11.5 Å². The van der Waals surface area contributed by atoms with Crippen molar-refractivity contribution >= 4 is 23.3 Å². The van der Waals surface area contributed by atoms with E-state index in [0.29, 0.717) is 11.7 Å². The molecule has 1 fully saturated rings. The Labute approximate surface area is 123 Å². The molecule has 3 rings (SSSR count). The zero-order valence-electron chi connectivity index (χ0n) is 11.2. The van der Waals surface area contributed by atoms with Crippen LogP contribution in [0.3, 0.4) is 0 Å². The van der Waals surface area contributed by atoms with Gasteiger partial charge in [-0.25, -0.2) is 9.97 Å². The lowest BCUT2D eigenvalue weighted by Gasteiger charge is -2.15. The van der Waals surface area contributed by atoms with E-state index >= 15 is 0 Å². The fraction of sp³-hybridized carbons (Fsp3) is 0.333. The normalized spacial score (nSPS) is 15.4. The van der Waals surface area contributed by atoms with Gasteiger partial charge in [0.05, 0.1) is 0 Å². The lowest BCUT2D eigenvalue weighted by Crippen LogP contribution is -2.17. The number of hydrogen-bond acceptors (Lipinski definition) is 5. The number of nitrogens with one attached hydrogen (secondary N) is 1. The van der Waals surface area contributed by atoms with E-state index in [0.717, 1.165) is 15.7 Å². The third kappa shape index (κ3) is 3.04. The van der Waals surface area contributed by atoms with Crippen molar-refractivity contribution in [3.63, 3.8) is 0 Å². The second kappa shape index (κ2) is 6.13. The first kappa shape index (κ1) is 13.2. The summed E-state index contributed by atoms with van der Waals surface area (Å²) in [6.07, 6.45) is 6.55. The van der Waals surface area contributed by atoms with Crippen LogP contribution in [-0.2, 0) is 0 Å². The summed E-state index contributed by atoms with van der Waals surface area (Å²) in [7, 11) is 0. The largest absolute Gasteiger partial charge is 0.394 e. The molecule has 2 aromatic rings.